The molecule has 0 bridgehead atoms. The molecule has 0 amide bonds. The predicted molar refractivity (Wildman–Crippen MR) is 105 cm³/mol. The Bertz CT molecular complexity index is 477. The van der Waals surface area contributed by atoms with Gasteiger partial charge in [-0.1, -0.05) is 76.5 Å². The van der Waals surface area contributed by atoms with Gasteiger partial charge < -0.3 is 15.1 Å². The number of likely N-dealkylation sites (tertiary alicyclic amines) is 1. The fraction of sp³-hybridized carbons (Fsp3) is 0.727. The first kappa shape index (κ1) is 20.3. The molecule has 0 aromatic heterocycles. The second-order valence-corrected chi connectivity index (χ2v) is 7.65. The van der Waals surface area contributed by atoms with E-state index < -0.39 is 0 Å². The third-order valence-electron chi connectivity index (χ3n) is 5.58. The van der Waals surface area contributed by atoms with Gasteiger partial charge in [-0.25, -0.2) is 0 Å². The highest BCUT2D eigenvalue weighted by molar-refractivity contribution is 5.36. The number of rotatable bonds is 11. The van der Waals surface area contributed by atoms with Crippen molar-refractivity contribution >= 4 is 0 Å². The first-order valence-corrected chi connectivity index (χ1v) is 10.4. The summed E-state index contributed by atoms with van der Waals surface area (Å²) in [5.41, 5.74) is 0.901. The predicted octanol–water partition coefficient (Wildman–Crippen LogP) is 5.07. The van der Waals surface area contributed by atoms with Crippen LogP contribution < -0.4 is 0 Å². The van der Waals surface area contributed by atoms with E-state index in [0.29, 0.717) is 5.75 Å². The van der Waals surface area contributed by atoms with Crippen LogP contribution in [0.4, 0.5) is 0 Å². The number of nitrogens with zero attached hydrogens (tertiary/aromatic N) is 1. The van der Waals surface area contributed by atoms with Gasteiger partial charge >= 0.3 is 0 Å². The minimum Gasteiger partial charge on any atom is -0.508 e. The molecule has 1 aliphatic heterocycles. The monoisotopic (exact) mass is 347 g/mol. The number of phenolic OH excluding ortho intramolecular Hbond substituents is 1. The van der Waals surface area contributed by atoms with Gasteiger partial charge in [-0.2, -0.15) is 0 Å². The van der Waals surface area contributed by atoms with Crippen molar-refractivity contribution in [2.45, 2.75) is 83.2 Å². The Hall–Kier alpha value is -1.06. The average Bonchev–Trinajstić information content (AvgIpc) is 2.61. The van der Waals surface area contributed by atoms with Crippen LogP contribution >= 0.6 is 0 Å². The van der Waals surface area contributed by atoms with Crippen LogP contribution in [0.5, 0.6) is 5.75 Å². The van der Waals surface area contributed by atoms with Crippen LogP contribution in [0.25, 0.3) is 0 Å². The normalized spacial score (nSPS) is 21.5. The molecule has 1 aliphatic rings. The molecular formula is C22H37NO2. The Balaban J connectivity index is 1.58. The molecule has 1 fully saturated rings. The number of hydrogen-bond donors (Lipinski definition) is 2. The maximum absolute atomic E-state index is 10.5. The summed E-state index contributed by atoms with van der Waals surface area (Å²) >= 11 is 0. The highest BCUT2D eigenvalue weighted by Gasteiger charge is 2.29. The number of phenols is 1. The van der Waals surface area contributed by atoms with Gasteiger partial charge in [0.05, 0.1) is 6.10 Å². The molecule has 1 saturated heterocycles. The van der Waals surface area contributed by atoms with Crippen LogP contribution in [0.15, 0.2) is 24.3 Å². The quantitative estimate of drug-likeness (QED) is 0.549. The molecule has 1 aromatic rings. The van der Waals surface area contributed by atoms with Crippen LogP contribution in [-0.2, 0) is 0 Å². The third-order valence-corrected chi connectivity index (χ3v) is 5.58. The van der Waals surface area contributed by atoms with Crippen molar-refractivity contribution in [2.75, 3.05) is 19.6 Å². The van der Waals surface area contributed by atoms with Crippen LogP contribution in [-0.4, -0.2) is 40.9 Å². The fourth-order valence-corrected chi connectivity index (χ4v) is 4.01. The van der Waals surface area contributed by atoms with Gasteiger partial charge in [0.1, 0.15) is 5.75 Å². The molecule has 0 radical (unpaired) electrons. The topological polar surface area (TPSA) is 43.7 Å². The van der Waals surface area contributed by atoms with E-state index in [1.54, 1.807) is 6.07 Å². The van der Waals surface area contributed by atoms with E-state index >= 15 is 0 Å². The fourth-order valence-electron chi connectivity index (χ4n) is 4.01. The first-order chi connectivity index (χ1) is 12.2. The SMILES string of the molecule is CCCCCCCCCCCN1CCC(c2ccccc2O)C(O)C1. The van der Waals surface area contributed by atoms with Crippen LogP contribution in [0, 0.1) is 0 Å². The number of β-amino-alcohol motifs (C(OH)–C–C–N with tert-alkyl or cyclic N) is 1. The minimum atomic E-state index is -0.374. The minimum absolute atomic E-state index is 0.0700. The Morgan fingerprint density at radius 3 is 2.24 bits per heavy atom. The van der Waals surface area contributed by atoms with Crippen molar-refractivity contribution in [2.24, 2.45) is 0 Å². The Labute approximate surface area is 154 Å². The lowest BCUT2D eigenvalue weighted by Gasteiger charge is -2.36. The lowest BCUT2D eigenvalue weighted by molar-refractivity contribution is 0.0497. The van der Waals surface area contributed by atoms with Gasteiger partial charge in [0, 0.05) is 12.5 Å². The number of para-hydroxylation sites is 1. The summed E-state index contributed by atoms with van der Waals surface area (Å²) in [6, 6.07) is 7.44. The highest BCUT2D eigenvalue weighted by atomic mass is 16.3. The van der Waals surface area contributed by atoms with Crippen molar-refractivity contribution in [3.63, 3.8) is 0 Å². The van der Waals surface area contributed by atoms with Crippen molar-refractivity contribution in [1.29, 1.82) is 0 Å². The van der Waals surface area contributed by atoms with Gasteiger partial charge in [0.15, 0.2) is 0 Å². The third kappa shape index (κ3) is 6.99. The molecule has 1 heterocycles. The molecule has 3 heteroatoms. The number of aliphatic hydroxyl groups excluding tert-OH is 1. The smallest absolute Gasteiger partial charge is 0.119 e. The lowest BCUT2D eigenvalue weighted by Crippen LogP contribution is -2.43. The van der Waals surface area contributed by atoms with Gasteiger partial charge in [0.2, 0.25) is 0 Å². The molecule has 2 unspecified atom stereocenters. The zero-order valence-corrected chi connectivity index (χ0v) is 16.0. The Kier molecular flexibility index (Phi) is 9.35. The number of piperidine rings is 1. The Morgan fingerprint density at radius 2 is 1.60 bits per heavy atom. The van der Waals surface area contributed by atoms with E-state index in [0.717, 1.165) is 31.6 Å². The summed E-state index contributed by atoms with van der Waals surface area (Å²) < 4.78 is 0. The number of unbranched alkanes of at least 4 members (excludes halogenated alkanes) is 8. The second-order valence-electron chi connectivity index (χ2n) is 7.65. The van der Waals surface area contributed by atoms with Gasteiger partial charge in [-0.15, -0.1) is 0 Å². The summed E-state index contributed by atoms with van der Waals surface area (Å²) in [5.74, 6) is 0.388. The van der Waals surface area contributed by atoms with Gasteiger partial charge in [-0.3, -0.25) is 0 Å². The van der Waals surface area contributed by atoms with Crippen LogP contribution in [0.1, 0.15) is 82.6 Å². The summed E-state index contributed by atoms with van der Waals surface area (Å²) in [6.45, 7) is 5.12. The van der Waals surface area contributed by atoms with Crippen molar-refractivity contribution in [3.8, 4) is 5.75 Å². The number of aliphatic hydroxyl groups is 1. The van der Waals surface area contributed by atoms with E-state index in [9.17, 15) is 10.2 Å². The summed E-state index contributed by atoms with van der Waals surface area (Å²) in [4.78, 5) is 2.39. The standard InChI is InChI=1S/C22H37NO2/c1-2-3-4-5-6-7-8-9-12-16-23-17-15-20(22(25)18-23)19-13-10-11-14-21(19)24/h10-11,13-14,20,22,24-25H,2-9,12,15-18H2,1H3. The van der Waals surface area contributed by atoms with E-state index in [-0.39, 0.29) is 12.0 Å². The molecule has 142 valence electrons. The maximum atomic E-state index is 10.5. The number of benzene rings is 1. The molecular weight excluding hydrogens is 310 g/mol. The van der Waals surface area contributed by atoms with E-state index in [4.69, 9.17) is 0 Å². The molecule has 0 spiro atoms. The zero-order chi connectivity index (χ0) is 17.9. The summed E-state index contributed by atoms with van der Waals surface area (Å²) in [6.07, 6.45) is 12.7. The molecule has 2 rings (SSSR count). The number of aromatic hydroxyl groups is 1. The van der Waals surface area contributed by atoms with E-state index in [1.807, 2.05) is 18.2 Å². The summed E-state index contributed by atoms with van der Waals surface area (Å²) in [5, 5.41) is 20.5. The number of hydrogen-bond acceptors (Lipinski definition) is 3. The van der Waals surface area contributed by atoms with Crippen molar-refractivity contribution in [3.05, 3.63) is 29.8 Å². The first-order valence-electron chi connectivity index (χ1n) is 10.4. The van der Waals surface area contributed by atoms with E-state index in [1.165, 1.54) is 57.8 Å². The molecule has 0 saturated carbocycles. The van der Waals surface area contributed by atoms with Crippen LogP contribution in [0.2, 0.25) is 0 Å². The van der Waals surface area contributed by atoms with Gasteiger partial charge in [-0.05, 0) is 37.6 Å². The zero-order valence-electron chi connectivity index (χ0n) is 16.0. The Morgan fingerprint density at radius 1 is 0.960 bits per heavy atom. The van der Waals surface area contributed by atoms with E-state index in [2.05, 4.69) is 11.8 Å². The second kappa shape index (κ2) is 11.5. The van der Waals surface area contributed by atoms with Crippen molar-refractivity contribution < 1.29 is 10.2 Å². The van der Waals surface area contributed by atoms with Crippen LogP contribution in [0.3, 0.4) is 0 Å². The summed E-state index contributed by atoms with van der Waals surface area (Å²) in [7, 11) is 0. The molecule has 0 aliphatic carbocycles. The van der Waals surface area contributed by atoms with Gasteiger partial charge in [0.25, 0.3) is 0 Å². The molecule has 1 aromatic carbocycles. The molecule has 25 heavy (non-hydrogen) atoms. The molecule has 2 N–H and O–H groups in total. The average molecular weight is 348 g/mol. The highest BCUT2D eigenvalue weighted by Crippen LogP contribution is 2.33. The lowest BCUT2D eigenvalue weighted by atomic mass is 9.86. The molecule has 3 nitrogen and oxygen atoms in total. The maximum Gasteiger partial charge on any atom is 0.119 e. The largest absolute Gasteiger partial charge is 0.508 e. The molecule has 2 atom stereocenters. The van der Waals surface area contributed by atoms with Crippen molar-refractivity contribution in [1.82, 2.24) is 4.90 Å².